The molecule has 1 atom stereocenters. The fourth-order valence-electron chi connectivity index (χ4n) is 5.65. The smallest absolute Gasteiger partial charge is 0.251 e. The van der Waals surface area contributed by atoms with Crippen molar-refractivity contribution in [3.63, 3.8) is 0 Å². The van der Waals surface area contributed by atoms with Crippen molar-refractivity contribution < 1.29 is 19.4 Å². The van der Waals surface area contributed by atoms with Crippen LogP contribution in [0.1, 0.15) is 44.3 Å². The first-order chi connectivity index (χ1) is 21.4. The minimum absolute atomic E-state index is 0.0205. The molecule has 0 saturated carbocycles. The first kappa shape index (κ1) is 26.8. The molecule has 0 unspecified atom stereocenters. The normalized spacial score (nSPS) is 14.0. The number of hydrogen-bond donors (Lipinski definition) is 3. The van der Waals surface area contributed by atoms with Crippen LogP contribution >= 0.6 is 0 Å². The van der Waals surface area contributed by atoms with E-state index in [9.17, 15) is 14.7 Å². The number of hydrogen-bond acceptors (Lipinski definition) is 9. The van der Waals surface area contributed by atoms with E-state index in [0.717, 1.165) is 23.2 Å². The lowest BCUT2D eigenvalue weighted by molar-refractivity contribution is 0.0936. The van der Waals surface area contributed by atoms with Gasteiger partial charge in [-0.2, -0.15) is 5.10 Å². The molecule has 4 N–H and O–H groups in total. The van der Waals surface area contributed by atoms with Gasteiger partial charge in [-0.15, -0.1) is 0 Å². The number of nitrogens with zero attached hydrogens (tertiary/aromatic N) is 6. The zero-order valence-electron chi connectivity index (χ0n) is 23.5. The summed E-state index contributed by atoms with van der Waals surface area (Å²) in [5.74, 6) is 0.969. The maximum atomic E-state index is 13.2. The predicted molar refractivity (Wildman–Crippen MR) is 162 cm³/mol. The third kappa shape index (κ3) is 4.49. The number of pyridine rings is 2. The monoisotopic (exact) mass is 586 g/mol. The molecule has 4 heterocycles. The number of aromatic nitrogens is 6. The molecule has 0 bridgehead atoms. The Kier molecular flexibility index (Phi) is 6.50. The minimum Gasteiger partial charge on any atom is -0.504 e. The molecule has 4 aromatic heterocycles. The molecular formula is C32H26N8O4. The van der Waals surface area contributed by atoms with E-state index in [2.05, 4.69) is 21.5 Å². The Morgan fingerprint density at radius 1 is 1.11 bits per heavy atom. The van der Waals surface area contributed by atoms with Crippen LogP contribution < -0.4 is 15.8 Å². The van der Waals surface area contributed by atoms with Gasteiger partial charge in [0.1, 0.15) is 11.3 Å². The van der Waals surface area contributed by atoms with Gasteiger partial charge in [-0.1, -0.05) is 6.07 Å². The van der Waals surface area contributed by atoms with Crippen molar-refractivity contribution in [3.05, 3.63) is 102 Å². The van der Waals surface area contributed by atoms with Gasteiger partial charge in [0.25, 0.3) is 5.91 Å². The maximum absolute atomic E-state index is 13.2. The Hall–Kier alpha value is -6.04. The molecule has 7 rings (SSSR count). The summed E-state index contributed by atoms with van der Waals surface area (Å²) < 4.78 is 8.79. The van der Waals surface area contributed by atoms with Crippen LogP contribution in [0.25, 0.3) is 34.1 Å². The molecule has 1 aliphatic carbocycles. The Morgan fingerprint density at radius 3 is 2.77 bits per heavy atom. The van der Waals surface area contributed by atoms with Crippen LogP contribution in [0.15, 0.2) is 79.3 Å². The largest absolute Gasteiger partial charge is 0.504 e. The van der Waals surface area contributed by atoms with Crippen molar-refractivity contribution in [2.24, 2.45) is 0 Å². The number of carbonyl (C=O) groups is 2. The number of anilines is 1. The van der Waals surface area contributed by atoms with E-state index in [4.69, 9.17) is 20.4 Å². The SMILES string of the molecule is COc1cc(C(=O)N[C@H]2CCc3cc(-n4c(-c5cccnc5N)nc5ccc(-n6cccn6)nc54)ccc32)cc(C=O)c1O. The van der Waals surface area contributed by atoms with Crippen LogP contribution in [0, 0.1) is 0 Å². The molecule has 0 spiro atoms. The van der Waals surface area contributed by atoms with E-state index in [0.29, 0.717) is 46.9 Å². The molecule has 218 valence electrons. The van der Waals surface area contributed by atoms with Crippen molar-refractivity contribution in [2.75, 3.05) is 12.8 Å². The molecule has 12 nitrogen and oxygen atoms in total. The molecule has 6 aromatic rings. The summed E-state index contributed by atoms with van der Waals surface area (Å²) in [6, 6.07) is 17.8. The number of benzene rings is 2. The molecular weight excluding hydrogens is 560 g/mol. The van der Waals surface area contributed by atoms with Crippen molar-refractivity contribution in [1.29, 1.82) is 0 Å². The minimum atomic E-state index is -0.376. The van der Waals surface area contributed by atoms with Gasteiger partial charge < -0.3 is 20.9 Å². The Labute approximate surface area is 250 Å². The van der Waals surface area contributed by atoms with Crippen LogP contribution in [0.5, 0.6) is 11.5 Å². The Morgan fingerprint density at radius 2 is 2.00 bits per heavy atom. The number of rotatable bonds is 7. The lowest BCUT2D eigenvalue weighted by atomic mass is 10.1. The third-order valence-electron chi connectivity index (χ3n) is 7.79. The van der Waals surface area contributed by atoms with E-state index in [-0.39, 0.29) is 34.6 Å². The van der Waals surface area contributed by atoms with Crippen molar-refractivity contribution in [3.8, 4) is 34.4 Å². The Balaban J connectivity index is 1.27. The number of nitrogens with one attached hydrogen (secondary N) is 1. The number of aldehydes is 1. The topological polar surface area (TPSA) is 163 Å². The molecule has 0 radical (unpaired) electrons. The zero-order chi connectivity index (χ0) is 30.4. The van der Waals surface area contributed by atoms with Crippen LogP contribution in [-0.2, 0) is 6.42 Å². The van der Waals surface area contributed by atoms with E-state index in [1.807, 2.05) is 53.2 Å². The highest BCUT2D eigenvalue weighted by atomic mass is 16.5. The number of ether oxygens (including phenoxy) is 1. The van der Waals surface area contributed by atoms with E-state index in [1.165, 1.54) is 19.2 Å². The summed E-state index contributed by atoms with van der Waals surface area (Å²) in [5, 5.41) is 17.5. The number of nitrogen functional groups attached to an aromatic ring is 1. The van der Waals surface area contributed by atoms with Crippen molar-refractivity contribution in [1.82, 2.24) is 34.6 Å². The fourth-order valence-corrected chi connectivity index (χ4v) is 5.65. The summed E-state index contributed by atoms with van der Waals surface area (Å²) in [6.07, 6.45) is 7.07. The number of fused-ring (bicyclic) bond motifs is 2. The Bertz CT molecular complexity index is 2070. The molecule has 2 aromatic carbocycles. The first-order valence-electron chi connectivity index (χ1n) is 13.9. The highest BCUT2D eigenvalue weighted by Gasteiger charge is 2.27. The first-order valence-corrected chi connectivity index (χ1v) is 13.9. The van der Waals surface area contributed by atoms with Crippen molar-refractivity contribution >= 4 is 29.2 Å². The number of aromatic hydroxyl groups is 1. The third-order valence-corrected chi connectivity index (χ3v) is 7.79. The van der Waals surface area contributed by atoms with E-state index in [1.54, 1.807) is 17.1 Å². The quantitative estimate of drug-likeness (QED) is 0.233. The van der Waals surface area contributed by atoms with Crippen molar-refractivity contribution in [2.45, 2.75) is 18.9 Å². The van der Waals surface area contributed by atoms with Gasteiger partial charge in [-0.05, 0) is 78.6 Å². The van der Waals surface area contributed by atoms with Crippen LogP contribution in [-0.4, -0.2) is 53.7 Å². The summed E-state index contributed by atoms with van der Waals surface area (Å²) in [6.45, 7) is 0. The number of amides is 1. The number of imidazole rings is 1. The zero-order valence-corrected chi connectivity index (χ0v) is 23.5. The molecule has 0 saturated heterocycles. The second kappa shape index (κ2) is 10.7. The van der Waals surface area contributed by atoms with Gasteiger partial charge in [-0.25, -0.2) is 19.6 Å². The molecule has 1 amide bonds. The molecule has 1 aliphatic rings. The lowest BCUT2D eigenvalue weighted by Gasteiger charge is -2.16. The summed E-state index contributed by atoms with van der Waals surface area (Å²) in [7, 11) is 1.36. The van der Waals surface area contributed by atoms with Gasteiger partial charge in [0, 0.05) is 29.8 Å². The maximum Gasteiger partial charge on any atom is 0.251 e. The van der Waals surface area contributed by atoms with E-state index >= 15 is 0 Å². The average Bonchev–Trinajstić information content (AvgIpc) is 3.80. The van der Waals surface area contributed by atoms with Crippen LogP contribution in [0.3, 0.4) is 0 Å². The molecule has 44 heavy (non-hydrogen) atoms. The summed E-state index contributed by atoms with van der Waals surface area (Å²) in [4.78, 5) is 38.7. The van der Waals surface area contributed by atoms with Gasteiger partial charge in [0.2, 0.25) is 0 Å². The number of phenolic OH excluding ortho intramolecular Hbond substituents is 1. The molecule has 12 heteroatoms. The summed E-state index contributed by atoms with van der Waals surface area (Å²) >= 11 is 0. The number of phenols is 1. The standard InChI is InChI=1S/C32H26N8O4/c1-44-26-16-19(14-20(17-41)28(26)42)32(43)37-24-8-5-18-15-21(6-7-22(18)24)40-30(23-4-2-11-34-29(23)33)36-25-9-10-27(38-31(25)40)39-13-3-12-35-39/h2-4,6-7,9-17,24,42H,5,8H2,1H3,(H2,33,34)(H,37,43)/t24-/m0/s1. The fraction of sp³-hybridized carbons (Fsp3) is 0.125. The molecule has 0 aliphatic heterocycles. The number of methoxy groups -OCH3 is 1. The lowest BCUT2D eigenvalue weighted by Crippen LogP contribution is -2.27. The van der Waals surface area contributed by atoms with Crippen LogP contribution in [0.2, 0.25) is 0 Å². The second-order valence-electron chi connectivity index (χ2n) is 10.4. The molecule has 0 fully saturated rings. The van der Waals surface area contributed by atoms with E-state index < -0.39 is 0 Å². The highest BCUT2D eigenvalue weighted by molar-refractivity contribution is 5.97. The number of aryl methyl sites for hydroxylation is 1. The average molecular weight is 587 g/mol. The van der Waals surface area contributed by atoms with Gasteiger partial charge in [0.15, 0.2) is 35.1 Å². The highest BCUT2D eigenvalue weighted by Crippen LogP contribution is 2.37. The number of carbonyl (C=O) groups excluding carboxylic acids is 2. The second-order valence-corrected chi connectivity index (χ2v) is 10.4. The van der Waals surface area contributed by atoms with Gasteiger partial charge in [0.05, 0.1) is 24.3 Å². The summed E-state index contributed by atoms with van der Waals surface area (Å²) in [5.41, 5.74) is 11.4. The number of nitrogens with two attached hydrogens (primary N) is 1. The predicted octanol–water partition coefficient (Wildman–Crippen LogP) is 4.19. The van der Waals surface area contributed by atoms with Crippen LogP contribution in [0.4, 0.5) is 5.82 Å². The van der Waals surface area contributed by atoms with Gasteiger partial charge >= 0.3 is 0 Å². The van der Waals surface area contributed by atoms with Gasteiger partial charge in [-0.3, -0.25) is 14.2 Å².